The van der Waals surface area contributed by atoms with E-state index in [2.05, 4.69) is 0 Å². The maximum absolute atomic E-state index is 10.9. The molecule has 0 radical (unpaired) electrons. The molecule has 3 heteroatoms. The number of hydrogen-bond acceptors (Lipinski definition) is 3. The average Bonchev–Trinajstić information content (AvgIpc) is 2.26. The topological polar surface area (TPSA) is 50.1 Å². The van der Waals surface area contributed by atoms with Crippen LogP contribution < -0.4 is 0 Å². The Labute approximate surface area is 91.7 Å². The molecule has 0 aromatic carbocycles. The minimum Gasteiger partial charge on any atom is -0.376 e. The van der Waals surface area contributed by atoms with Gasteiger partial charge in [0.1, 0.15) is 5.78 Å². The van der Waals surface area contributed by atoms with E-state index in [0.717, 1.165) is 12.8 Å². The molecule has 0 unspecified atom stereocenters. The van der Waals surface area contributed by atoms with E-state index in [0.29, 0.717) is 38.3 Å². The first-order valence-electron chi connectivity index (χ1n) is 5.42. The summed E-state index contributed by atoms with van der Waals surface area (Å²) in [5.41, 5.74) is 0. The van der Waals surface area contributed by atoms with E-state index in [1.807, 2.05) is 25.1 Å². The molecule has 3 nitrogen and oxygen atoms in total. The van der Waals surface area contributed by atoms with E-state index >= 15 is 0 Å². The van der Waals surface area contributed by atoms with Crippen LogP contribution in [0.25, 0.3) is 0 Å². The predicted molar refractivity (Wildman–Crippen MR) is 59.3 cm³/mol. The fraction of sp³-hybridized carbons (Fsp3) is 0.667. The lowest BCUT2D eigenvalue weighted by Gasteiger charge is -1.96. The van der Waals surface area contributed by atoms with Crippen LogP contribution in [-0.2, 0) is 9.53 Å². The largest absolute Gasteiger partial charge is 0.376 e. The Kier molecular flexibility index (Phi) is 10.1. The van der Waals surface area contributed by atoms with Crippen molar-refractivity contribution in [3.05, 3.63) is 12.2 Å². The van der Waals surface area contributed by atoms with Crippen LogP contribution in [0.15, 0.2) is 12.2 Å². The summed E-state index contributed by atoms with van der Waals surface area (Å²) < 4.78 is 5.15. The molecule has 84 valence electrons. The smallest absolute Gasteiger partial charge is 0.132 e. The number of hydrogen-bond donors (Lipinski definition) is 0. The van der Waals surface area contributed by atoms with Crippen LogP contribution in [0.1, 0.15) is 39.0 Å². The lowest BCUT2D eigenvalue weighted by molar-refractivity contribution is -0.118. The highest BCUT2D eigenvalue weighted by Gasteiger charge is 1.95. The van der Waals surface area contributed by atoms with Crippen LogP contribution in [0.3, 0.4) is 0 Å². The molecule has 0 bridgehead atoms. The monoisotopic (exact) mass is 209 g/mol. The van der Waals surface area contributed by atoms with Crippen LogP contribution in [0, 0.1) is 11.3 Å². The van der Waals surface area contributed by atoms with Crippen LogP contribution in [0.2, 0.25) is 0 Å². The Morgan fingerprint density at radius 2 is 2.27 bits per heavy atom. The van der Waals surface area contributed by atoms with Crippen molar-refractivity contribution < 1.29 is 9.53 Å². The number of rotatable bonds is 9. The van der Waals surface area contributed by atoms with Crippen LogP contribution in [-0.4, -0.2) is 19.0 Å². The van der Waals surface area contributed by atoms with E-state index in [-0.39, 0.29) is 0 Å². The summed E-state index contributed by atoms with van der Waals surface area (Å²) in [5.74, 6) is 0.327. The third-order valence-electron chi connectivity index (χ3n) is 1.96. The number of ketones is 1. The molecule has 0 aliphatic heterocycles. The van der Waals surface area contributed by atoms with Crippen molar-refractivity contribution >= 4 is 5.78 Å². The zero-order valence-corrected chi connectivity index (χ0v) is 9.37. The average molecular weight is 209 g/mol. The number of carbonyl (C=O) groups is 1. The third kappa shape index (κ3) is 10.8. The number of unbranched alkanes of at least 4 members (excludes halogenated alkanes) is 1. The molecule has 0 heterocycles. The second-order valence-corrected chi connectivity index (χ2v) is 3.24. The van der Waals surface area contributed by atoms with Gasteiger partial charge in [0.05, 0.1) is 25.7 Å². The normalized spacial score (nSPS) is 10.4. The van der Waals surface area contributed by atoms with Crippen molar-refractivity contribution in [2.24, 2.45) is 0 Å². The summed E-state index contributed by atoms with van der Waals surface area (Å²) in [6, 6.07) is 2.01. The van der Waals surface area contributed by atoms with E-state index in [9.17, 15) is 4.79 Å². The second kappa shape index (κ2) is 10.9. The lowest BCUT2D eigenvalue weighted by Crippen LogP contribution is -1.94. The summed E-state index contributed by atoms with van der Waals surface area (Å²) >= 11 is 0. The maximum Gasteiger partial charge on any atom is 0.132 e. The molecule has 0 saturated carbocycles. The van der Waals surface area contributed by atoms with Gasteiger partial charge in [0.15, 0.2) is 0 Å². The van der Waals surface area contributed by atoms with Gasteiger partial charge in [0.2, 0.25) is 0 Å². The number of allylic oxidation sites excluding steroid dienone is 1. The molecule has 0 spiro atoms. The van der Waals surface area contributed by atoms with Crippen molar-refractivity contribution in [2.75, 3.05) is 13.2 Å². The summed E-state index contributed by atoms with van der Waals surface area (Å²) in [4.78, 5) is 10.9. The number of carbonyl (C=O) groups excluding carboxylic acids is 1. The fourth-order valence-electron chi connectivity index (χ4n) is 1.05. The molecule has 0 amide bonds. The standard InChI is InChI=1S/C12H19NO2/c1-2-12(14)8-5-3-4-6-10-15-11-7-9-13/h4,6H,2-3,5,7-8,10-11H2,1H3/b6-4+. The first kappa shape index (κ1) is 13.9. The van der Waals surface area contributed by atoms with Gasteiger partial charge in [-0.15, -0.1) is 0 Å². The van der Waals surface area contributed by atoms with Gasteiger partial charge in [-0.2, -0.15) is 5.26 Å². The van der Waals surface area contributed by atoms with Gasteiger partial charge in [-0.1, -0.05) is 19.1 Å². The molecule has 0 aliphatic rings. The molecule has 0 N–H and O–H groups in total. The number of nitrogens with zero attached hydrogens (tertiary/aromatic N) is 1. The van der Waals surface area contributed by atoms with E-state index in [1.54, 1.807) is 0 Å². The third-order valence-corrected chi connectivity index (χ3v) is 1.96. The Hall–Kier alpha value is -1.14. The fourth-order valence-corrected chi connectivity index (χ4v) is 1.05. The highest BCUT2D eigenvalue weighted by atomic mass is 16.5. The molecule has 0 rings (SSSR count). The summed E-state index contributed by atoms with van der Waals surface area (Å²) in [7, 11) is 0. The van der Waals surface area contributed by atoms with Crippen LogP contribution >= 0.6 is 0 Å². The van der Waals surface area contributed by atoms with Gasteiger partial charge >= 0.3 is 0 Å². The van der Waals surface area contributed by atoms with Gasteiger partial charge in [-0.3, -0.25) is 4.79 Å². The van der Waals surface area contributed by atoms with Crippen LogP contribution in [0.4, 0.5) is 0 Å². The Morgan fingerprint density at radius 3 is 2.93 bits per heavy atom. The minimum absolute atomic E-state index is 0.327. The van der Waals surface area contributed by atoms with Gasteiger partial charge in [0.25, 0.3) is 0 Å². The Balaban J connectivity index is 3.18. The van der Waals surface area contributed by atoms with Gasteiger partial charge in [0, 0.05) is 12.8 Å². The predicted octanol–water partition coefficient (Wildman–Crippen LogP) is 2.62. The van der Waals surface area contributed by atoms with Gasteiger partial charge in [-0.05, 0) is 12.8 Å². The molecule has 0 atom stereocenters. The Morgan fingerprint density at radius 1 is 1.47 bits per heavy atom. The first-order chi connectivity index (χ1) is 7.31. The lowest BCUT2D eigenvalue weighted by atomic mass is 10.1. The maximum atomic E-state index is 10.9. The number of Topliss-reactive ketones (excluding diaryl/α,β-unsaturated/α-hetero) is 1. The summed E-state index contributed by atoms with van der Waals surface area (Å²) in [6.07, 6.45) is 7.56. The number of ether oxygens (including phenoxy) is 1. The van der Waals surface area contributed by atoms with E-state index < -0.39 is 0 Å². The number of nitriles is 1. The van der Waals surface area contributed by atoms with Crippen molar-refractivity contribution in [3.63, 3.8) is 0 Å². The zero-order valence-electron chi connectivity index (χ0n) is 9.37. The molecule has 0 fully saturated rings. The van der Waals surface area contributed by atoms with Crippen molar-refractivity contribution in [1.82, 2.24) is 0 Å². The van der Waals surface area contributed by atoms with Crippen LogP contribution in [0.5, 0.6) is 0 Å². The molecule has 0 saturated heterocycles. The molecular formula is C12H19NO2. The van der Waals surface area contributed by atoms with Gasteiger partial charge < -0.3 is 4.74 Å². The SMILES string of the molecule is CCC(=O)CCC/C=C/COCCC#N. The molecular weight excluding hydrogens is 190 g/mol. The molecule has 15 heavy (non-hydrogen) atoms. The van der Waals surface area contributed by atoms with Gasteiger partial charge in [-0.25, -0.2) is 0 Å². The summed E-state index contributed by atoms with van der Waals surface area (Å²) in [6.45, 7) is 2.94. The van der Waals surface area contributed by atoms with E-state index in [4.69, 9.17) is 10.00 Å². The van der Waals surface area contributed by atoms with Crippen molar-refractivity contribution in [2.45, 2.75) is 39.0 Å². The Bertz CT molecular complexity index is 228. The van der Waals surface area contributed by atoms with Crippen molar-refractivity contribution in [3.8, 4) is 6.07 Å². The van der Waals surface area contributed by atoms with E-state index in [1.165, 1.54) is 0 Å². The zero-order chi connectivity index (χ0) is 11.4. The molecule has 0 aliphatic carbocycles. The quantitative estimate of drug-likeness (QED) is 0.433. The molecule has 0 aromatic heterocycles. The minimum atomic E-state index is 0.327. The highest BCUT2D eigenvalue weighted by Crippen LogP contribution is 1.99. The molecule has 0 aromatic rings. The van der Waals surface area contributed by atoms with Crippen molar-refractivity contribution in [1.29, 1.82) is 5.26 Å². The second-order valence-electron chi connectivity index (χ2n) is 3.24. The first-order valence-corrected chi connectivity index (χ1v) is 5.42. The summed E-state index contributed by atoms with van der Waals surface area (Å²) in [5, 5.41) is 8.23. The highest BCUT2D eigenvalue weighted by molar-refractivity contribution is 5.77.